The number of unbranched alkanes of at least 4 members (excludes halogenated alkanes) is 6. The molecule has 0 aromatic heterocycles. The van der Waals surface area contributed by atoms with Crippen LogP contribution in [0, 0.1) is 0 Å². The summed E-state index contributed by atoms with van der Waals surface area (Å²) in [5.74, 6) is -0.359. The Balaban J connectivity index is 4.12. The van der Waals surface area contributed by atoms with Crippen LogP contribution in [0.1, 0.15) is 51.9 Å². The lowest BCUT2D eigenvalue weighted by molar-refractivity contribution is -0.134. The number of carbonyl (C=O) groups excluding carboxylic acids is 1. The summed E-state index contributed by atoms with van der Waals surface area (Å²) < 4.78 is 0. The lowest BCUT2D eigenvalue weighted by Gasteiger charge is -2.28. The van der Waals surface area contributed by atoms with E-state index in [1.807, 2.05) is 12.2 Å². The number of carbonyl (C=O) groups is 1. The van der Waals surface area contributed by atoms with Crippen LogP contribution in [0.2, 0.25) is 0 Å². The number of hydrogen-bond donors (Lipinski definition) is 5. The maximum Gasteiger partial charge on any atom is 0.246 e. The number of aliphatic hydroxyl groups is 5. The van der Waals surface area contributed by atoms with Gasteiger partial charge in [0.05, 0.1) is 6.61 Å². The van der Waals surface area contributed by atoms with Crippen molar-refractivity contribution in [2.75, 3.05) is 20.2 Å². The van der Waals surface area contributed by atoms with Crippen molar-refractivity contribution in [3.05, 3.63) is 24.3 Å². The Hall–Kier alpha value is -1.25. The molecular formula is C20H37NO6. The smallest absolute Gasteiger partial charge is 0.246 e. The number of amides is 1. The van der Waals surface area contributed by atoms with Crippen LogP contribution in [-0.2, 0) is 4.79 Å². The summed E-state index contributed by atoms with van der Waals surface area (Å²) in [6.45, 7) is 1.23. The molecule has 7 nitrogen and oxygen atoms in total. The highest BCUT2D eigenvalue weighted by Gasteiger charge is 2.30. The molecule has 27 heavy (non-hydrogen) atoms. The normalized spacial score (nSPS) is 16.6. The fourth-order valence-corrected chi connectivity index (χ4v) is 2.52. The summed E-state index contributed by atoms with van der Waals surface area (Å²) in [5.41, 5.74) is 0. The first-order chi connectivity index (χ1) is 12.8. The Kier molecular flexibility index (Phi) is 15.0. The molecule has 0 saturated heterocycles. The monoisotopic (exact) mass is 387 g/mol. The molecule has 0 spiro atoms. The Labute approximate surface area is 162 Å². The predicted octanol–water partition coefficient (Wildman–Crippen LogP) is 0.744. The number of hydrogen-bond acceptors (Lipinski definition) is 6. The standard InChI is InChI=1S/C20H37NO6/c1-3-4-5-6-7-8-9-10-11-12-13-18(25)21(2)14-16(23)19(26)20(27)17(24)15-22/h10-13,16-17,19-20,22-24,26-27H,3-9,14-15H2,1-2H3/t16-,17+,19+,20+/m0/s1. The second-order valence-corrected chi connectivity index (χ2v) is 6.86. The SMILES string of the molecule is CCCCCCCCC=CC=CC(=O)N(C)C[C@H](O)[C@@H](O)[C@H](O)[C@H](O)CO. The zero-order chi connectivity index (χ0) is 20.7. The van der Waals surface area contributed by atoms with Gasteiger partial charge in [-0.15, -0.1) is 0 Å². The summed E-state index contributed by atoms with van der Waals surface area (Å²) in [6.07, 6.45) is 8.82. The van der Waals surface area contributed by atoms with Gasteiger partial charge in [-0.25, -0.2) is 0 Å². The molecule has 0 aliphatic rings. The molecule has 7 heteroatoms. The van der Waals surface area contributed by atoms with Crippen molar-refractivity contribution < 1.29 is 30.3 Å². The van der Waals surface area contributed by atoms with Crippen LogP contribution < -0.4 is 0 Å². The third-order valence-corrected chi connectivity index (χ3v) is 4.37. The molecule has 4 atom stereocenters. The number of allylic oxidation sites excluding steroid dienone is 3. The summed E-state index contributed by atoms with van der Waals surface area (Å²) >= 11 is 0. The first-order valence-corrected chi connectivity index (χ1v) is 9.76. The molecule has 0 heterocycles. The van der Waals surface area contributed by atoms with Crippen LogP contribution in [0.25, 0.3) is 0 Å². The van der Waals surface area contributed by atoms with Crippen LogP contribution >= 0.6 is 0 Å². The summed E-state index contributed by atoms with van der Waals surface area (Å²) in [4.78, 5) is 13.2. The van der Waals surface area contributed by atoms with Crippen molar-refractivity contribution in [3.8, 4) is 0 Å². The van der Waals surface area contributed by atoms with Gasteiger partial charge in [0.25, 0.3) is 0 Å². The first kappa shape index (κ1) is 25.8. The van der Waals surface area contributed by atoms with E-state index < -0.39 is 31.0 Å². The minimum Gasteiger partial charge on any atom is -0.394 e. The fraction of sp³-hybridized carbons (Fsp3) is 0.750. The highest BCUT2D eigenvalue weighted by molar-refractivity contribution is 5.87. The molecule has 0 aliphatic carbocycles. The van der Waals surface area contributed by atoms with E-state index in [1.54, 1.807) is 6.08 Å². The quantitative estimate of drug-likeness (QED) is 0.161. The third-order valence-electron chi connectivity index (χ3n) is 4.37. The van der Waals surface area contributed by atoms with E-state index in [2.05, 4.69) is 6.92 Å². The summed E-state index contributed by atoms with van der Waals surface area (Å²) in [5, 5.41) is 47.2. The van der Waals surface area contributed by atoms with E-state index in [4.69, 9.17) is 5.11 Å². The summed E-state index contributed by atoms with van der Waals surface area (Å²) in [7, 11) is 1.46. The molecule has 0 saturated carbocycles. The molecule has 158 valence electrons. The highest BCUT2D eigenvalue weighted by atomic mass is 16.4. The number of rotatable bonds is 15. The van der Waals surface area contributed by atoms with Gasteiger partial charge in [-0.05, 0) is 12.8 Å². The van der Waals surface area contributed by atoms with E-state index in [0.29, 0.717) is 0 Å². The van der Waals surface area contributed by atoms with Gasteiger partial charge in [-0.1, -0.05) is 57.3 Å². The molecule has 0 fully saturated rings. The lowest BCUT2D eigenvalue weighted by atomic mass is 10.0. The van der Waals surface area contributed by atoms with Gasteiger partial charge in [-0.3, -0.25) is 4.79 Å². The van der Waals surface area contributed by atoms with Crippen LogP contribution in [0.4, 0.5) is 0 Å². The molecular weight excluding hydrogens is 350 g/mol. The van der Waals surface area contributed by atoms with Gasteiger partial charge in [0.1, 0.15) is 24.4 Å². The zero-order valence-electron chi connectivity index (χ0n) is 16.6. The lowest BCUT2D eigenvalue weighted by Crippen LogP contribution is -2.49. The van der Waals surface area contributed by atoms with Crippen LogP contribution in [0.3, 0.4) is 0 Å². The largest absolute Gasteiger partial charge is 0.394 e. The third kappa shape index (κ3) is 11.9. The molecule has 0 aliphatic heterocycles. The average Bonchev–Trinajstić information content (AvgIpc) is 2.67. The van der Waals surface area contributed by atoms with Gasteiger partial charge in [0, 0.05) is 19.7 Å². The van der Waals surface area contributed by atoms with Crippen molar-refractivity contribution in [1.29, 1.82) is 0 Å². The molecule has 0 radical (unpaired) electrons. The van der Waals surface area contributed by atoms with Crippen molar-refractivity contribution in [1.82, 2.24) is 4.90 Å². The Morgan fingerprint density at radius 3 is 2.15 bits per heavy atom. The minimum absolute atomic E-state index is 0.221. The molecule has 0 rings (SSSR count). The zero-order valence-corrected chi connectivity index (χ0v) is 16.6. The summed E-state index contributed by atoms with van der Waals surface area (Å²) in [6, 6.07) is 0. The molecule has 1 amide bonds. The van der Waals surface area contributed by atoms with E-state index >= 15 is 0 Å². The predicted molar refractivity (Wildman–Crippen MR) is 105 cm³/mol. The Morgan fingerprint density at radius 2 is 1.52 bits per heavy atom. The van der Waals surface area contributed by atoms with Crippen molar-refractivity contribution in [3.63, 3.8) is 0 Å². The van der Waals surface area contributed by atoms with Gasteiger partial charge in [-0.2, -0.15) is 0 Å². The number of likely N-dealkylation sites (N-methyl/N-ethyl adjacent to an activating group) is 1. The van der Waals surface area contributed by atoms with Crippen molar-refractivity contribution >= 4 is 5.91 Å². The van der Waals surface area contributed by atoms with Crippen molar-refractivity contribution in [2.24, 2.45) is 0 Å². The van der Waals surface area contributed by atoms with Crippen LogP contribution in [-0.4, -0.2) is 81.0 Å². The molecule has 5 N–H and O–H groups in total. The van der Waals surface area contributed by atoms with Gasteiger partial charge >= 0.3 is 0 Å². The number of nitrogens with zero attached hydrogens (tertiary/aromatic N) is 1. The van der Waals surface area contributed by atoms with Gasteiger partial charge in [0.15, 0.2) is 0 Å². The number of aliphatic hydroxyl groups excluding tert-OH is 5. The van der Waals surface area contributed by atoms with Crippen LogP contribution in [0.15, 0.2) is 24.3 Å². The average molecular weight is 388 g/mol. The second-order valence-electron chi connectivity index (χ2n) is 6.86. The fourth-order valence-electron chi connectivity index (χ4n) is 2.52. The second kappa shape index (κ2) is 15.8. The maximum absolute atomic E-state index is 12.0. The first-order valence-electron chi connectivity index (χ1n) is 9.76. The molecule has 0 bridgehead atoms. The maximum atomic E-state index is 12.0. The van der Waals surface area contributed by atoms with Crippen molar-refractivity contribution in [2.45, 2.75) is 76.3 Å². The van der Waals surface area contributed by atoms with Gasteiger partial charge in [0.2, 0.25) is 5.91 Å². The minimum atomic E-state index is -1.70. The van der Waals surface area contributed by atoms with E-state index in [0.717, 1.165) is 12.8 Å². The molecule has 0 unspecified atom stereocenters. The van der Waals surface area contributed by atoms with E-state index in [9.17, 15) is 25.2 Å². The highest BCUT2D eigenvalue weighted by Crippen LogP contribution is 2.08. The van der Waals surface area contributed by atoms with E-state index in [-0.39, 0.29) is 12.5 Å². The molecule has 0 aromatic rings. The van der Waals surface area contributed by atoms with Crippen LogP contribution in [0.5, 0.6) is 0 Å². The van der Waals surface area contributed by atoms with E-state index in [1.165, 1.54) is 50.1 Å². The Bertz CT molecular complexity index is 440. The Morgan fingerprint density at radius 1 is 0.926 bits per heavy atom. The van der Waals surface area contributed by atoms with Gasteiger partial charge < -0.3 is 30.4 Å². The topological polar surface area (TPSA) is 121 Å². The molecule has 0 aromatic carbocycles.